The van der Waals surface area contributed by atoms with Gasteiger partial charge >= 0.3 is 5.63 Å². The van der Waals surface area contributed by atoms with Gasteiger partial charge in [0.15, 0.2) is 0 Å². The first kappa shape index (κ1) is 18.6. The number of pyridine rings is 1. The second-order valence-electron chi connectivity index (χ2n) is 7.66. The number of ether oxygens (including phenoxy) is 1. The molecule has 5 nitrogen and oxygen atoms in total. The van der Waals surface area contributed by atoms with Crippen LogP contribution in [0.4, 0.5) is 0 Å². The molecule has 4 aromatic rings. The van der Waals surface area contributed by atoms with Crippen LogP contribution in [-0.4, -0.2) is 16.6 Å². The molecule has 2 aromatic heterocycles. The zero-order valence-corrected chi connectivity index (χ0v) is 16.8. The summed E-state index contributed by atoms with van der Waals surface area (Å²) >= 11 is 0. The van der Waals surface area contributed by atoms with Gasteiger partial charge < -0.3 is 9.15 Å². The summed E-state index contributed by atoms with van der Waals surface area (Å²) in [5, 5.41) is 0.961. The minimum Gasteiger partial charge on any atom is -0.478 e. The molecule has 0 N–H and O–H groups in total. The predicted molar refractivity (Wildman–Crippen MR) is 115 cm³/mol. The lowest BCUT2D eigenvalue weighted by molar-refractivity contribution is 0.0878. The van der Waals surface area contributed by atoms with Gasteiger partial charge in [0.25, 0.3) is 0 Å². The lowest BCUT2D eigenvalue weighted by atomic mass is 9.98. The van der Waals surface area contributed by atoms with Crippen molar-refractivity contribution >= 4 is 11.0 Å². The minimum atomic E-state index is -0.279. The molecule has 0 radical (unpaired) electrons. The number of fused-ring (bicyclic) bond motifs is 3. The molecule has 150 valence electrons. The van der Waals surface area contributed by atoms with Gasteiger partial charge in [-0.15, -0.1) is 0 Å². The van der Waals surface area contributed by atoms with E-state index >= 15 is 0 Å². The zero-order valence-electron chi connectivity index (χ0n) is 16.8. The Balaban J connectivity index is 1.52. The van der Waals surface area contributed by atoms with E-state index in [4.69, 9.17) is 9.15 Å². The van der Waals surface area contributed by atoms with Gasteiger partial charge in [-0.2, -0.15) is 0 Å². The summed E-state index contributed by atoms with van der Waals surface area (Å²) in [5.74, 6) is 0.776. The Labute approximate surface area is 174 Å². The molecule has 3 heterocycles. The normalized spacial score (nSPS) is 13.8. The first-order chi connectivity index (χ1) is 14.7. The Morgan fingerprint density at radius 3 is 2.67 bits per heavy atom. The van der Waals surface area contributed by atoms with E-state index < -0.39 is 0 Å². The maximum atomic E-state index is 12.9. The Morgan fingerprint density at radius 2 is 1.87 bits per heavy atom. The van der Waals surface area contributed by atoms with Crippen LogP contribution in [0.2, 0.25) is 0 Å². The van der Waals surface area contributed by atoms with E-state index in [9.17, 15) is 4.79 Å². The number of hydrogen-bond acceptors (Lipinski definition) is 5. The van der Waals surface area contributed by atoms with Gasteiger partial charge in [-0.25, -0.2) is 4.79 Å². The lowest BCUT2D eigenvalue weighted by Gasteiger charge is -2.29. The van der Waals surface area contributed by atoms with Crippen molar-refractivity contribution < 1.29 is 9.15 Å². The van der Waals surface area contributed by atoms with Crippen LogP contribution in [0.1, 0.15) is 27.9 Å². The van der Waals surface area contributed by atoms with Crippen molar-refractivity contribution in [2.75, 3.05) is 6.73 Å². The first-order valence-corrected chi connectivity index (χ1v) is 10.1. The number of nitrogens with zero attached hydrogens (tertiary/aromatic N) is 2. The molecule has 1 aliphatic heterocycles. The number of rotatable bonds is 4. The number of aryl methyl sites for hydroxylation is 1. The van der Waals surface area contributed by atoms with E-state index in [0.29, 0.717) is 37.4 Å². The molecule has 0 bridgehead atoms. The highest BCUT2D eigenvalue weighted by Gasteiger charge is 2.23. The van der Waals surface area contributed by atoms with E-state index in [1.165, 1.54) is 0 Å². The third kappa shape index (κ3) is 3.48. The zero-order chi connectivity index (χ0) is 20.5. The van der Waals surface area contributed by atoms with E-state index in [2.05, 4.69) is 9.88 Å². The maximum absolute atomic E-state index is 12.9. The topological polar surface area (TPSA) is 55.6 Å². The Morgan fingerprint density at radius 1 is 1.03 bits per heavy atom. The molecule has 5 rings (SSSR count). The fourth-order valence-corrected chi connectivity index (χ4v) is 4.03. The van der Waals surface area contributed by atoms with Gasteiger partial charge in [0.1, 0.15) is 18.1 Å². The smallest absolute Gasteiger partial charge is 0.340 e. The molecule has 0 aliphatic carbocycles. The molecule has 0 fully saturated rings. The largest absolute Gasteiger partial charge is 0.478 e. The number of aromatic nitrogens is 1. The minimum absolute atomic E-state index is 0.279. The van der Waals surface area contributed by atoms with Crippen LogP contribution >= 0.6 is 0 Å². The molecule has 30 heavy (non-hydrogen) atoms. The van der Waals surface area contributed by atoms with Crippen LogP contribution in [0.3, 0.4) is 0 Å². The number of hydrogen-bond donors (Lipinski definition) is 0. The van der Waals surface area contributed by atoms with Gasteiger partial charge in [0.05, 0.1) is 11.3 Å². The van der Waals surface area contributed by atoms with Crippen molar-refractivity contribution in [3.8, 4) is 5.75 Å². The van der Waals surface area contributed by atoms with E-state index in [1.807, 2.05) is 67.6 Å². The molecule has 0 atom stereocenters. The van der Waals surface area contributed by atoms with Crippen molar-refractivity contribution in [1.82, 2.24) is 9.88 Å². The van der Waals surface area contributed by atoms with Crippen molar-refractivity contribution in [3.63, 3.8) is 0 Å². The quantitative estimate of drug-likeness (QED) is 0.476. The summed E-state index contributed by atoms with van der Waals surface area (Å²) < 4.78 is 11.8. The molecule has 1 aliphatic rings. The van der Waals surface area contributed by atoms with Crippen LogP contribution in [0.25, 0.3) is 11.0 Å². The van der Waals surface area contributed by atoms with Crippen molar-refractivity contribution in [2.24, 2.45) is 0 Å². The molecule has 0 unspecified atom stereocenters. The van der Waals surface area contributed by atoms with Gasteiger partial charge in [0.2, 0.25) is 0 Å². The van der Waals surface area contributed by atoms with E-state index in [1.54, 1.807) is 6.20 Å². The van der Waals surface area contributed by atoms with Crippen LogP contribution in [0.15, 0.2) is 76.1 Å². The second-order valence-corrected chi connectivity index (χ2v) is 7.66. The van der Waals surface area contributed by atoms with Crippen molar-refractivity contribution in [3.05, 3.63) is 105 Å². The molecular formula is C25H22N2O3. The highest BCUT2D eigenvalue weighted by Crippen LogP contribution is 2.34. The Kier molecular flexibility index (Phi) is 4.81. The fraction of sp³-hybridized carbons (Fsp3) is 0.200. The third-order valence-corrected chi connectivity index (χ3v) is 5.64. The van der Waals surface area contributed by atoms with Gasteiger partial charge in [-0.1, -0.05) is 36.4 Å². The molecule has 0 saturated heterocycles. The molecule has 2 aromatic carbocycles. The van der Waals surface area contributed by atoms with Crippen molar-refractivity contribution in [1.29, 1.82) is 0 Å². The first-order valence-electron chi connectivity index (χ1n) is 10.1. The monoisotopic (exact) mass is 398 g/mol. The third-order valence-electron chi connectivity index (χ3n) is 5.64. The van der Waals surface area contributed by atoms with Gasteiger partial charge in [0, 0.05) is 36.7 Å². The van der Waals surface area contributed by atoms with Gasteiger partial charge in [-0.05, 0) is 42.3 Å². The summed E-state index contributed by atoms with van der Waals surface area (Å²) in [6.45, 7) is 3.79. The predicted octanol–water partition coefficient (Wildman–Crippen LogP) is 4.44. The molecule has 0 amide bonds. The number of benzene rings is 2. The molecule has 0 spiro atoms. The second kappa shape index (κ2) is 7.76. The SMILES string of the molecule is Cc1c(Cc2ccccc2)c(=O)oc2c3c(ccc12)OCN(Cc1ccccn1)C3. The maximum Gasteiger partial charge on any atom is 0.340 e. The van der Waals surface area contributed by atoms with Gasteiger partial charge in [-0.3, -0.25) is 9.88 Å². The summed E-state index contributed by atoms with van der Waals surface area (Å²) in [6, 6.07) is 19.9. The molecule has 0 saturated carbocycles. The van der Waals surface area contributed by atoms with Crippen LogP contribution in [0, 0.1) is 6.92 Å². The van der Waals surface area contributed by atoms with E-state index in [0.717, 1.165) is 33.5 Å². The summed E-state index contributed by atoms with van der Waals surface area (Å²) in [6.07, 6.45) is 2.35. The Bertz CT molecular complexity index is 1250. The standard InChI is InChI=1S/C25H22N2O3/c1-17-20-10-11-23-22(15-27(16-29-23)14-19-9-5-6-12-26-19)24(20)30-25(28)21(17)13-18-7-3-2-4-8-18/h2-12H,13-16H2,1H3. The van der Waals surface area contributed by atoms with Crippen molar-refractivity contribution in [2.45, 2.75) is 26.4 Å². The van der Waals surface area contributed by atoms with E-state index in [-0.39, 0.29) is 5.63 Å². The summed E-state index contributed by atoms with van der Waals surface area (Å²) in [5.41, 5.74) is 5.01. The average molecular weight is 398 g/mol. The highest BCUT2D eigenvalue weighted by atomic mass is 16.5. The van der Waals surface area contributed by atoms with Crippen LogP contribution in [-0.2, 0) is 19.5 Å². The lowest BCUT2D eigenvalue weighted by Crippen LogP contribution is -2.32. The fourth-order valence-electron chi connectivity index (χ4n) is 4.03. The average Bonchev–Trinajstić information content (AvgIpc) is 2.78. The molecular weight excluding hydrogens is 376 g/mol. The highest BCUT2D eigenvalue weighted by molar-refractivity contribution is 5.86. The van der Waals surface area contributed by atoms with Crippen LogP contribution in [0.5, 0.6) is 5.75 Å². The summed E-state index contributed by atoms with van der Waals surface area (Å²) in [7, 11) is 0. The van der Waals surface area contributed by atoms with Crippen LogP contribution < -0.4 is 10.4 Å². The Hall–Kier alpha value is -3.44. The summed E-state index contributed by atoms with van der Waals surface area (Å²) in [4.78, 5) is 19.4. The molecule has 5 heteroatoms.